The minimum Gasteiger partial charge on any atom is -0.378 e. The molecule has 0 amide bonds. The first-order valence-electron chi connectivity index (χ1n) is 6.48. The Labute approximate surface area is 118 Å². The summed E-state index contributed by atoms with van der Waals surface area (Å²) >= 11 is 11.9. The van der Waals surface area contributed by atoms with E-state index in [1.807, 2.05) is 12.1 Å². The van der Waals surface area contributed by atoms with Crippen molar-refractivity contribution in [2.75, 3.05) is 6.61 Å². The summed E-state index contributed by atoms with van der Waals surface area (Å²) in [5.41, 5.74) is 7.17. The first-order valence-corrected chi connectivity index (χ1v) is 7.24. The lowest BCUT2D eigenvalue weighted by molar-refractivity contribution is 0.101. The minimum atomic E-state index is 0.00241. The van der Waals surface area contributed by atoms with E-state index >= 15 is 0 Å². The summed E-state index contributed by atoms with van der Waals surface area (Å²) in [5.74, 6) is 0. The lowest BCUT2D eigenvalue weighted by atomic mass is 10.00. The first kappa shape index (κ1) is 14.1. The van der Waals surface area contributed by atoms with Gasteiger partial charge in [0.15, 0.2) is 0 Å². The van der Waals surface area contributed by atoms with Crippen molar-refractivity contribution < 1.29 is 4.74 Å². The first-order chi connectivity index (χ1) is 8.65. The average molecular weight is 288 g/mol. The molecule has 0 aromatic heterocycles. The molecule has 1 fully saturated rings. The molecule has 0 aliphatic carbocycles. The molecule has 2 rings (SSSR count). The van der Waals surface area contributed by atoms with Crippen LogP contribution in [-0.2, 0) is 4.74 Å². The fraction of sp³-hybridized carbons (Fsp3) is 0.571. The van der Waals surface area contributed by atoms with Crippen LogP contribution in [0.4, 0.5) is 0 Å². The van der Waals surface area contributed by atoms with E-state index in [4.69, 9.17) is 33.7 Å². The van der Waals surface area contributed by atoms with Crippen LogP contribution in [0.3, 0.4) is 0 Å². The fourth-order valence-electron chi connectivity index (χ4n) is 2.39. The van der Waals surface area contributed by atoms with Gasteiger partial charge < -0.3 is 10.5 Å². The van der Waals surface area contributed by atoms with Gasteiger partial charge in [-0.25, -0.2) is 0 Å². The maximum absolute atomic E-state index is 6.16. The largest absolute Gasteiger partial charge is 0.378 e. The van der Waals surface area contributed by atoms with Crippen LogP contribution in [0.2, 0.25) is 10.0 Å². The zero-order valence-corrected chi connectivity index (χ0v) is 11.9. The van der Waals surface area contributed by atoms with Crippen molar-refractivity contribution in [3.8, 4) is 0 Å². The minimum absolute atomic E-state index is 0.00241. The Morgan fingerprint density at radius 2 is 2.00 bits per heavy atom. The van der Waals surface area contributed by atoms with Crippen LogP contribution >= 0.6 is 23.2 Å². The van der Waals surface area contributed by atoms with Crippen molar-refractivity contribution in [3.63, 3.8) is 0 Å². The normalized spacial score (nSPS) is 21.2. The summed E-state index contributed by atoms with van der Waals surface area (Å²) in [4.78, 5) is 0. The third-order valence-corrected chi connectivity index (χ3v) is 3.81. The Bertz CT molecular complexity index is 371. The molecule has 1 aromatic rings. The van der Waals surface area contributed by atoms with Crippen LogP contribution in [0, 0.1) is 0 Å². The van der Waals surface area contributed by atoms with Gasteiger partial charge >= 0.3 is 0 Å². The standard InChI is InChI=1S/C14H19Cl2NO/c15-11-7-10(8-12(16)9-11)14(17)5-1-3-13-4-2-6-18-13/h7-9,13-14H,1-6,17H2. The number of ether oxygens (including phenoxy) is 1. The molecule has 2 N–H and O–H groups in total. The highest BCUT2D eigenvalue weighted by Gasteiger charge is 2.16. The van der Waals surface area contributed by atoms with Gasteiger partial charge in [-0.2, -0.15) is 0 Å². The molecule has 1 aliphatic rings. The second-order valence-electron chi connectivity index (χ2n) is 4.88. The van der Waals surface area contributed by atoms with Crippen molar-refractivity contribution >= 4 is 23.2 Å². The third kappa shape index (κ3) is 4.13. The Morgan fingerprint density at radius 3 is 2.61 bits per heavy atom. The average Bonchev–Trinajstić information content (AvgIpc) is 2.80. The van der Waals surface area contributed by atoms with Gasteiger partial charge in [0, 0.05) is 22.7 Å². The van der Waals surface area contributed by atoms with Crippen LogP contribution in [-0.4, -0.2) is 12.7 Å². The zero-order valence-electron chi connectivity index (χ0n) is 10.4. The van der Waals surface area contributed by atoms with E-state index in [-0.39, 0.29) is 6.04 Å². The van der Waals surface area contributed by atoms with Crippen molar-refractivity contribution in [2.45, 2.75) is 44.2 Å². The molecule has 2 unspecified atom stereocenters. The monoisotopic (exact) mass is 287 g/mol. The fourth-order valence-corrected chi connectivity index (χ4v) is 2.94. The number of hydrogen-bond donors (Lipinski definition) is 1. The van der Waals surface area contributed by atoms with Crippen LogP contribution in [0.15, 0.2) is 18.2 Å². The number of rotatable bonds is 5. The predicted octanol–water partition coefficient (Wildman–Crippen LogP) is 4.34. The van der Waals surface area contributed by atoms with Gasteiger partial charge in [-0.3, -0.25) is 0 Å². The molecule has 18 heavy (non-hydrogen) atoms. The molecule has 4 heteroatoms. The molecule has 0 spiro atoms. The van der Waals surface area contributed by atoms with Gasteiger partial charge in [0.2, 0.25) is 0 Å². The Kier molecular flexibility index (Phi) is 5.31. The summed E-state index contributed by atoms with van der Waals surface area (Å²) in [5, 5.41) is 1.29. The molecule has 2 atom stereocenters. The molecule has 1 aromatic carbocycles. The maximum atomic E-state index is 6.16. The van der Waals surface area contributed by atoms with Crippen LogP contribution < -0.4 is 5.73 Å². The molecule has 1 heterocycles. The van der Waals surface area contributed by atoms with Crippen molar-refractivity contribution in [1.82, 2.24) is 0 Å². The smallest absolute Gasteiger partial charge is 0.0576 e. The molecule has 2 nitrogen and oxygen atoms in total. The van der Waals surface area contributed by atoms with E-state index in [0.29, 0.717) is 16.1 Å². The Morgan fingerprint density at radius 1 is 1.28 bits per heavy atom. The van der Waals surface area contributed by atoms with Gasteiger partial charge in [-0.15, -0.1) is 0 Å². The maximum Gasteiger partial charge on any atom is 0.0576 e. The van der Waals surface area contributed by atoms with E-state index in [1.54, 1.807) is 6.07 Å². The highest BCUT2D eigenvalue weighted by atomic mass is 35.5. The summed E-state index contributed by atoms with van der Waals surface area (Å²) in [6, 6.07) is 5.52. The van der Waals surface area contributed by atoms with Gasteiger partial charge in [0.1, 0.15) is 0 Å². The summed E-state index contributed by atoms with van der Waals surface area (Å²) in [6.07, 6.45) is 5.95. The van der Waals surface area contributed by atoms with E-state index in [1.165, 1.54) is 12.8 Å². The SMILES string of the molecule is NC(CCCC1CCCO1)c1cc(Cl)cc(Cl)c1. The second kappa shape index (κ2) is 6.76. The van der Waals surface area contributed by atoms with Gasteiger partial charge in [0.05, 0.1) is 6.10 Å². The molecular formula is C14H19Cl2NO. The van der Waals surface area contributed by atoms with Crippen molar-refractivity contribution in [2.24, 2.45) is 5.73 Å². The van der Waals surface area contributed by atoms with E-state index in [0.717, 1.165) is 31.4 Å². The predicted molar refractivity (Wildman–Crippen MR) is 76.2 cm³/mol. The zero-order chi connectivity index (χ0) is 13.0. The lowest BCUT2D eigenvalue weighted by Crippen LogP contribution is -2.12. The van der Waals surface area contributed by atoms with Crippen molar-refractivity contribution in [1.29, 1.82) is 0 Å². The highest BCUT2D eigenvalue weighted by molar-refractivity contribution is 6.34. The van der Waals surface area contributed by atoms with Gasteiger partial charge in [-0.05, 0) is 55.9 Å². The Balaban J connectivity index is 1.81. The molecule has 0 bridgehead atoms. The van der Waals surface area contributed by atoms with Crippen LogP contribution in [0.25, 0.3) is 0 Å². The number of nitrogens with two attached hydrogens (primary N) is 1. The Hall–Kier alpha value is -0.280. The number of halogens is 2. The van der Waals surface area contributed by atoms with Gasteiger partial charge in [-0.1, -0.05) is 23.2 Å². The van der Waals surface area contributed by atoms with Crippen LogP contribution in [0.1, 0.15) is 43.7 Å². The lowest BCUT2D eigenvalue weighted by Gasteiger charge is -2.14. The van der Waals surface area contributed by atoms with E-state index in [2.05, 4.69) is 0 Å². The highest BCUT2D eigenvalue weighted by Crippen LogP contribution is 2.26. The molecular weight excluding hydrogens is 269 g/mol. The topological polar surface area (TPSA) is 35.2 Å². The third-order valence-electron chi connectivity index (χ3n) is 3.38. The molecule has 0 saturated carbocycles. The molecule has 100 valence electrons. The molecule has 1 aliphatic heterocycles. The quantitative estimate of drug-likeness (QED) is 0.874. The number of hydrogen-bond acceptors (Lipinski definition) is 2. The molecule has 0 radical (unpaired) electrons. The van der Waals surface area contributed by atoms with Crippen molar-refractivity contribution in [3.05, 3.63) is 33.8 Å². The summed E-state index contributed by atoms with van der Waals surface area (Å²) < 4.78 is 5.60. The van der Waals surface area contributed by atoms with Gasteiger partial charge in [0.25, 0.3) is 0 Å². The number of benzene rings is 1. The summed E-state index contributed by atoms with van der Waals surface area (Å²) in [7, 11) is 0. The molecule has 1 saturated heterocycles. The summed E-state index contributed by atoms with van der Waals surface area (Å²) in [6.45, 7) is 0.917. The van der Waals surface area contributed by atoms with E-state index < -0.39 is 0 Å². The second-order valence-corrected chi connectivity index (χ2v) is 5.75. The van der Waals surface area contributed by atoms with E-state index in [9.17, 15) is 0 Å². The van der Waals surface area contributed by atoms with Crippen LogP contribution in [0.5, 0.6) is 0 Å².